The molecule has 6 atom stereocenters. The zero-order chi connectivity index (χ0) is 27.3. The number of rotatable bonds is 7. The number of aromatic hydroxyl groups is 1. The molecule has 37 heavy (non-hydrogen) atoms. The van der Waals surface area contributed by atoms with E-state index in [9.17, 15) is 34.8 Å². The number of ketones is 1. The molecule has 1 saturated carbocycles. The maximum atomic E-state index is 12.9. The van der Waals surface area contributed by atoms with Crippen LogP contribution in [0.3, 0.4) is 0 Å². The summed E-state index contributed by atoms with van der Waals surface area (Å²) in [5, 5.41) is 50.3. The lowest BCUT2D eigenvalue weighted by molar-refractivity contribution is -0.194. The Hall–Kier alpha value is -3.47. The van der Waals surface area contributed by atoms with Gasteiger partial charge in [-0.15, -0.1) is 0 Å². The van der Waals surface area contributed by atoms with Crippen LogP contribution in [0.2, 0.25) is 0 Å². The van der Waals surface area contributed by atoms with Gasteiger partial charge in [0.2, 0.25) is 0 Å². The van der Waals surface area contributed by atoms with Crippen molar-refractivity contribution in [2.24, 2.45) is 5.92 Å². The van der Waals surface area contributed by atoms with Crippen molar-refractivity contribution in [1.29, 1.82) is 0 Å². The fraction of sp³-hybridized carbons (Fsp3) is 0.444. The standard InChI is InChI=1S/C27H32N2O8/c1-14-7-5-10-20(32)21(14)23(33)37-13-26(36)19(12-17-8-6-9-18(11-17)15(2)30)22-27(16(3)31,25(26,4)35)29-24(34)28-22/h5-11,16,19,22,31-32,35-36H,12-13H2,1-4H3,(H2,28,29,34)/t16-,19+,22+,25+,26-,27+/m1/s1. The topological polar surface area (TPSA) is 165 Å². The number of Topliss-reactive ketones (excluding diaryl/α,β-unsaturated/α-hetero) is 1. The third-order valence-corrected chi connectivity index (χ3v) is 8.09. The lowest BCUT2D eigenvalue weighted by Gasteiger charge is -2.46. The first-order valence-corrected chi connectivity index (χ1v) is 12.0. The summed E-state index contributed by atoms with van der Waals surface area (Å²) < 4.78 is 5.47. The predicted molar refractivity (Wildman–Crippen MR) is 132 cm³/mol. The van der Waals surface area contributed by atoms with Gasteiger partial charge in [-0.25, -0.2) is 9.59 Å². The monoisotopic (exact) mass is 512 g/mol. The van der Waals surface area contributed by atoms with Gasteiger partial charge in [0.1, 0.15) is 34.7 Å². The zero-order valence-corrected chi connectivity index (χ0v) is 21.1. The normalized spacial score (nSPS) is 31.3. The number of urea groups is 1. The summed E-state index contributed by atoms with van der Waals surface area (Å²) in [5.41, 5.74) is -4.62. The zero-order valence-electron chi connectivity index (χ0n) is 21.1. The van der Waals surface area contributed by atoms with Crippen molar-refractivity contribution in [3.63, 3.8) is 0 Å². The van der Waals surface area contributed by atoms with Gasteiger partial charge in [-0.05, 0) is 57.4 Å². The van der Waals surface area contributed by atoms with E-state index in [-0.39, 0.29) is 23.5 Å². The number of aliphatic hydroxyl groups is 3. The number of amides is 2. The van der Waals surface area contributed by atoms with E-state index in [0.29, 0.717) is 16.7 Å². The molecule has 2 aromatic rings. The van der Waals surface area contributed by atoms with E-state index in [2.05, 4.69) is 10.6 Å². The van der Waals surface area contributed by atoms with Gasteiger partial charge in [0.25, 0.3) is 0 Å². The van der Waals surface area contributed by atoms with Crippen LogP contribution in [0.5, 0.6) is 5.75 Å². The van der Waals surface area contributed by atoms with E-state index in [4.69, 9.17) is 4.74 Å². The van der Waals surface area contributed by atoms with E-state index in [1.807, 2.05) is 0 Å². The molecular weight excluding hydrogens is 480 g/mol. The molecule has 2 amide bonds. The Labute approximate surface area is 214 Å². The van der Waals surface area contributed by atoms with Crippen LogP contribution in [0.4, 0.5) is 4.79 Å². The number of hydrogen-bond acceptors (Lipinski definition) is 8. The Balaban J connectivity index is 1.76. The maximum Gasteiger partial charge on any atom is 0.342 e. The molecule has 0 bridgehead atoms. The Kier molecular flexibility index (Phi) is 6.56. The van der Waals surface area contributed by atoms with Gasteiger partial charge in [0.05, 0.1) is 12.1 Å². The molecule has 0 spiro atoms. The Bertz CT molecular complexity index is 1240. The number of ether oxygens (including phenoxy) is 1. The van der Waals surface area contributed by atoms with Crippen molar-refractivity contribution >= 4 is 17.8 Å². The summed E-state index contributed by atoms with van der Waals surface area (Å²) in [5.74, 6) is -2.32. The average Bonchev–Trinajstić information content (AvgIpc) is 3.24. The summed E-state index contributed by atoms with van der Waals surface area (Å²) in [6.07, 6.45) is -1.25. The Morgan fingerprint density at radius 2 is 1.84 bits per heavy atom. The molecule has 2 aliphatic rings. The number of aryl methyl sites for hydroxylation is 1. The number of hydrogen-bond donors (Lipinski definition) is 6. The quantitative estimate of drug-likeness (QED) is 0.238. The maximum absolute atomic E-state index is 12.9. The highest BCUT2D eigenvalue weighted by Gasteiger charge is 2.78. The van der Waals surface area contributed by atoms with Crippen molar-refractivity contribution in [3.8, 4) is 5.75 Å². The predicted octanol–water partition coefficient (Wildman–Crippen LogP) is 1.22. The number of phenolic OH excluding ortho intramolecular Hbond substituents is 1. The van der Waals surface area contributed by atoms with Gasteiger partial charge in [-0.1, -0.05) is 30.3 Å². The van der Waals surface area contributed by atoms with Gasteiger partial charge in [-0.3, -0.25) is 4.79 Å². The molecule has 0 aromatic heterocycles. The molecule has 1 heterocycles. The number of benzene rings is 2. The molecule has 198 valence electrons. The van der Waals surface area contributed by atoms with Crippen molar-refractivity contribution in [2.45, 2.75) is 63.0 Å². The number of carbonyl (C=O) groups excluding carboxylic acids is 3. The highest BCUT2D eigenvalue weighted by molar-refractivity contribution is 5.94. The smallest absolute Gasteiger partial charge is 0.342 e. The number of aliphatic hydroxyl groups excluding tert-OH is 1. The van der Waals surface area contributed by atoms with E-state index in [1.54, 1.807) is 43.3 Å². The molecular formula is C27H32N2O8. The first-order chi connectivity index (χ1) is 17.3. The number of fused-ring (bicyclic) bond motifs is 1. The number of nitrogens with one attached hydrogen (secondary N) is 2. The lowest BCUT2D eigenvalue weighted by Crippen LogP contribution is -2.72. The summed E-state index contributed by atoms with van der Waals surface area (Å²) in [6.45, 7) is 5.02. The van der Waals surface area contributed by atoms with Crippen molar-refractivity contribution in [2.75, 3.05) is 6.61 Å². The fourth-order valence-electron chi connectivity index (χ4n) is 6.04. The van der Waals surface area contributed by atoms with Crippen LogP contribution >= 0.6 is 0 Å². The van der Waals surface area contributed by atoms with Gasteiger partial charge >= 0.3 is 12.0 Å². The number of esters is 1. The third kappa shape index (κ3) is 3.96. The van der Waals surface area contributed by atoms with Crippen LogP contribution in [0.1, 0.15) is 52.6 Å². The molecule has 10 nitrogen and oxygen atoms in total. The van der Waals surface area contributed by atoms with Crippen LogP contribution in [0, 0.1) is 12.8 Å². The average molecular weight is 513 g/mol. The fourth-order valence-corrected chi connectivity index (χ4v) is 6.04. The van der Waals surface area contributed by atoms with E-state index < -0.39 is 53.4 Å². The van der Waals surface area contributed by atoms with Crippen LogP contribution < -0.4 is 10.6 Å². The summed E-state index contributed by atoms with van der Waals surface area (Å²) in [7, 11) is 0. The molecule has 6 N–H and O–H groups in total. The van der Waals surface area contributed by atoms with Gasteiger partial charge in [-0.2, -0.15) is 0 Å². The molecule has 1 saturated heterocycles. The van der Waals surface area contributed by atoms with Crippen molar-refractivity contribution in [3.05, 3.63) is 64.7 Å². The molecule has 0 radical (unpaired) electrons. The van der Waals surface area contributed by atoms with Gasteiger partial charge in [0, 0.05) is 11.5 Å². The molecule has 0 unspecified atom stereocenters. The minimum atomic E-state index is -2.19. The van der Waals surface area contributed by atoms with Gasteiger partial charge in [0.15, 0.2) is 5.78 Å². The second kappa shape index (κ2) is 9.13. The minimum Gasteiger partial charge on any atom is -0.507 e. The highest BCUT2D eigenvalue weighted by atomic mass is 16.5. The number of carbonyl (C=O) groups is 3. The summed E-state index contributed by atoms with van der Waals surface area (Å²) in [4.78, 5) is 37.3. The molecule has 10 heteroatoms. The van der Waals surface area contributed by atoms with E-state index in [0.717, 1.165) is 0 Å². The van der Waals surface area contributed by atoms with E-state index in [1.165, 1.54) is 26.8 Å². The van der Waals surface area contributed by atoms with Crippen molar-refractivity contribution in [1.82, 2.24) is 10.6 Å². The van der Waals surface area contributed by atoms with Crippen LogP contribution in [-0.2, 0) is 11.2 Å². The Morgan fingerprint density at radius 3 is 2.46 bits per heavy atom. The van der Waals surface area contributed by atoms with Crippen LogP contribution in [-0.4, -0.2) is 73.7 Å². The summed E-state index contributed by atoms with van der Waals surface area (Å²) >= 11 is 0. The molecule has 2 aromatic carbocycles. The van der Waals surface area contributed by atoms with Crippen LogP contribution in [0.15, 0.2) is 42.5 Å². The molecule has 2 fully saturated rings. The first kappa shape index (κ1) is 26.6. The second-order valence-electron chi connectivity index (χ2n) is 10.2. The lowest BCUT2D eigenvalue weighted by atomic mass is 9.73. The SMILES string of the molecule is CC(=O)c1cccc(C[C@H]2[C@@H]3NC(=O)N[C@]3([C@@H](C)O)[C@@](C)(O)[C@@]2(O)COC(=O)c2c(C)cccc2O)c1. The molecule has 1 aliphatic heterocycles. The summed E-state index contributed by atoms with van der Waals surface area (Å²) in [6, 6.07) is 9.67. The largest absolute Gasteiger partial charge is 0.507 e. The molecule has 1 aliphatic carbocycles. The van der Waals surface area contributed by atoms with Crippen molar-refractivity contribution < 1.29 is 39.5 Å². The third-order valence-electron chi connectivity index (χ3n) is 8.09. The minimum absolute atomic E-state index is 0.0715. The second-order valence-corrected chi connectivity index (χ2v) is 10.2. The molecule has 4 rings (SSSR count). The Morgan fingerprint density at radius 1 is 1.16 bits per heavy atom. The van der Waals surface area contributed by atoms with E-state index >= 15 is 0 Å². The first-order valence-electron chi connectivity index (χ1n) is 12.0. The highest BCUT2D eigenvalue weighted by Crippen LogP contribution is 2.54. The van der Waals surface area contributed by atoms with Gasteiger partial charge < -0.3 is 35.8 Å². The number of phenols is 1. The van der Waals surface area contributed by atoms with Crippen LogP contribution in [0.25, 0.3) is 0 Å².